The number of benzene rings is 1. The van der Waals surface area contributed by atoms with Gasteiger partial charge in [-0.2, -0.15) is 5.10 Å². The lowest BCUT2D eigenvalue weighted by atomic mass is 9.91. The zero-order valence-electron chi connectivity index (χ0n) is 17.3. The third kappa shape index (κ3) is 4.36. The number of aromatic nitrogens is 2. The number of rotatable bonds is 6. The molecule has 0 fully saturated rings. The Bertz CT molecular complexity index is 1070. The first-order valence-electron chi connectivity index (χ1n) is 10.0. The highest BCUT2D eigenvalue weighted by Gasteiger charge is 2.29. The van der Waals surface area contributed by atoms with Crippen LogP contribution >= 0.6 is 0 Å². The fraction of sp³-hybridized carbons (Fsp3) is 0.364. The summed E-state index contributed by atoms with van der Waals surface area (Å²) in [7, 11) is 3.52. The molecule has 4 rings (SSSR count). The lowest BCUT2D eigenvalue weighted by molar-refractivity contribution is 0.0767. The van der Waals surface area contributed by atoms with Gasteiger partial charge in [0.2, 0.25) is 0 Å². The van der Waals surface area contributed by atoms with Crippen molar-refractivity contribution in [2.45, 2.75) is 38.4 Å². The molecular formula is C22H23F3N4O2. The number of aryl methyl sites for hydroxylation is 1. The minimum absolute atomic E-state index is 0.00481. The zero-order valence-corrected chi connectivity index (χ0v) is 17.3. The summed E-state index contributed by atoms with van der Waals surface area (Å²) in [4.78, 5) is 14.6. The van der Waals surface area contributed by atoms with Gasteiger partial charge in [0.05, 0.1) is 12.8 Å². The lowest BCUT2D eigenvalue weighted by Crippen LogP contribution is -2.35. The highest BCUT2D eigenvalue weighted by Crippen LogP contribution is 2.26. The molecule has 3 aromatic rings. The summed E-state index contributed by atoms with van der Waals surface area (Å²) in [5.41, 5.74) is 2.60. The SMILES string of the molecule is CN(Cc1ccco1)C(=O)c1nn(C)c2c1CC(NCc1cc(F)c(F)c(F)c1)CC2. The van der Waals surface area contributed by atoms with Crippen molar-refractivity contribution in [3.8, 4) is 0 Å². The Balaban J connectivity index is 1.46. The molecule has 0 bridgehead atoms. The second-order valence-electron chi connectivity index (χ2n) is 7.83. The van der Waals surface area contributed by atoms with Crippen LogP contribution in [0.2, 0.25) is 0 Å². The number of hydrogen-bond acceptors (Lipinski definition) is 4. The summed E-state index contributed by atoms with van der Waals surface area (Å²) in [5.74, 6) is -3.40. The van der Waals surface area contributed by atoms with Crippen molar-refractivity contribution in [1.82, 2.24) is 20.0 Å². The highest BCUT2D eigenvalue weighted by atomic mass is 19.2. The van der Waals surface area contributed by atoms with Gasteiger partial charge >= 0.3 is 0 Å². The lowest BCUT2D eigenvalue weighted by Gasteiger charge is -2.25. The van der Waals surface area contributed by atoms with Crippen molar-refractivity contribution in [1.29, 1.82) is 0 Å². The molecule has 164 valence electrons. The quantitative estimate of drug-likeness (QED) is 0.607. The number of amides is 1. The molecule has 2 heterocycles. The van der Waals surface area contributed by atoms with Crippen molar-refractivity contribution < 1.29 is 22.4 Å². The molecular weight excluding hydrogens is 409 g/mol. The number of nitrogens with one attached hydrogen (secondary N) is 1. The fourth-order valence-electron chi connectivity index (χ4n) is 4.00. The largest absolute Gasteiger partial charge is 0.467 e. The average molecular weight is 432 g/mol. The highest BCUT2D eigenvalue weighted by molar-refractivity contribution is 5.94. The molecule has 0 aliphatic heterocycles. The van der Waals surface area contributed by atoms with Crippen LogP contribution in [-0.4, -0.2) is 33.7 Å². The van der Waals surface area contributed by atoms with Crippen molar-refractivity contribution in [3.63, 3.8) is 0 Å². The van der Waals surface area contributed by atoms with Crippen molar-refractivity contribution in [2.24, 2.45) is 7.05 Å². The number of halogens is 3. The minimum atomic E-state index is -1.47. The molecule has 1 aliphatic carbocycles. The summed E-state index contributed by atoms with van der Waals surface area (Å²) in [6.07, 6.45) is 3.63. The number of fused-ring (bicyclic) bond motifs is 1. The van der Waals surface area contributed by atoms with Crippen LogP contribution in [0.15, 0.2) is 34.9 Å². The van der Waals surface area contributed by atoms with Gasteiger partial charge in [-0.05, 0) is 49.1 Å². The van der Waals surface area contributed by atoms with Gasteiger partial charge in [0.15, 0.2) is 23.1 Å². The van der Waals surface area contributed by atoms with Gasteiger partial charge in [0.25, 0.3) is 5.91 Å². The molecule has 1 unspecified atom stereocenters. The maximum atomic E-state index is 13.5. The van der Waals surface area contributed by atoms with Crippen LogP contribution in [0.25, 0.3) is 0 Å². The van der Waals surface area contributed by atoms with E-state index in [4.69, 9.17) is 4.42 Å². The Kier molecular flexibility index (Phi) is 5.86. The Labute approximate surface area is 177 Å². The van der Waals surface area contributed by atoms with Gasteiger partial charge < -0.3 is 14.6 Å². The van der Waals surface area contributed by atoms with Crippen LogP contribution in [0.4, 0.5) is 13.2 Å². The second kappa shape index (κ2) is 8.58. The topological polar surface area (TPSA) is 63.3 Å². The summed E-state index contributed by atoms with van der Waals surface area (Å²) < 4.78 is 47.1. The summed E-state index contributed by atoms with van der Waals surface area (Å²) in [6.45, 7) is 0.524. The first-order chi connectivity index (χ1) is 14.8. The fourth-order valence-corrected chi connectivity index (χ4v) is 4.00. The molecule has 1 aromatic carbocycles. The summed E-state index contributed by atoms with van der Waals surface area (Å²) in [6, 6.07) is 5.55. The number of nitrogens with zero attached hydrogens (tertiary/aromatic N) is 3. The molecule has 2 aromatic heterocycles. The van der Waals surface area contributed by atoms with E-state index >= 15 is 0 Å². The predicted octanol–water partition coefficient (Wildman–Crippen LogP) is 3.35. The summed E-state index contributed by atoms with van der Waals surface area (Å²) in [5, 5.41) is 7.72. The van der Waals surface area contributed by atoms with Gasteiger partial charge in [-0.25, -0.2) is 13.2 Å². The minimum Gasteiger partial charge on any atom is -0.467 e. The molecule has 9 heteroatoms. The smallest absolute Gasteiger partial charge is 0.274 e. The third-order valence-electron chi connectivity index (χ3n) is 5.62. The van der Waals surface area contributed by atoms with Gasteiger partial charge in [-0.1, -0.05) is 0 Å². The molecule has 1 atom stereocenters. The Morgan fingerprint density at radius 2 is 2.06 bits per heavy atom. The Morgan fingerprint density at radius 1 is 1.32 bits per heavy atom. The van der Waals surface area contributed by atoms with E-state index in [1.165, 1.54) is 0 Å². The van der Waals surface area contributed by atoms with Crippen LogP contribution in [0.3, 0.4) is 0 Å². The Hall–Kier alpha value is -3.07. The Morgan fingerprint density at radius 3 is 2.74 bits per heavy atom. The molecule has 31 heavy (non-hydrogen) atoms. The van der Waals surface area contributed by atoms with E-state index in [0.29, 0.717) is 30.0 Å². The number of carbonyl (C=O) groups excluding carboxylic acids is 1. The van der Waals surface area contributed by atoms with Gasteiger partial charge in [-0.3, -0.25) is 9.48 Å². The van der Waals surface area contributed by atoms with E-state index in [-0.39, 0.29) is 18.5 Å². The molecule has 0 radical (unpaired) electrons. The maximum Gasteiger partial charge on any atom is 0.274 e. The molecule has 1 N–H and O–H groups in total. The van der Waals surface area contributed by atoms with Crippen molar-refractivity contribution in [2.75, 3.05) is 7.05 Å². The molecule has 0 spiro atoms. The van der Waals surface area contributed by atoms with E-state index in [1.807, 2.05) is 7.05 Å². The second-order valence-corrected chi connectivity index (χ2v) is 7.83. The average Bonchev–Trinajstić information content (AvgIpc) is 3.37. The first-order valence-corrected chi connectivity index (χ1v) is 10.0. The van der Waals surface area contributed by atoms with E-state index in [9.17, 15) is 18.0 Å². The zero-order chi connectivity index (χ0) is 22.1. The molecule has 0 saturated carbocycles. The van der Waals surface area contributed by atoms with Crippen LogP contribution in [-0.2, 0) is 33.0 Å². The van der Waals surface area contributed by atoms with E-state index in [2.05, 4.69) is 10.4 Å². The van der Waals surface area contributed by atoms with Crippen molar-refractivity contribution in [3.05, 3.63) is 76.3 Å². The number of furan rings is 1. The first kappa shape index (κ1) is 21.2. The van der Waals surface area contributed by atoms with E-state index in [1.54, 1.807) is 35.0 Å². The maximum absolute atomic E-state index is 13.5. The monoisotopic (exact) mass is 432 g/mol. The van der Waals surface area contributed by atoms with Crippen molar-refractivity contribution >= 4 is 5.91 Å². The summed E-state index contributed by atoms with van der Waals surface area (Å²) >= 11 is 0. The number of carbonyl (C=O) groups is 1. The van der Waals surface area contributed by atoms with Crippen LogP contribution < -0.4 is 5.32 Å². The number of hydrogen-bond donors (Lipinski definition) is 1. The van der Waals surface area contributed by atoms with Crippen LogP contribution in [0.1, 0.15) is 39.5 Å². The normalized spacial score (nSPS) is 15.7. The molecule has 0 saturated heterocycles. The van der Waals surface area contributed by atoms with Crippen LogP contribution in [0, 0.1) is 17.5 Å². The predicted molar refractivity (Wildman–Crippen MR) is 107 cm³/mol. The van der Waals surface area contributed by atoms with E-state index < -0.39 is 17.5 Å². The van der Waals surface area contributed by atoms with Gasteiger partial charge in [0, 0.05) is 37.9 Å². The van der Waals surface area contributed by atoms with Crippen LogP contribution in [0.5, 0.6) is 0 Å². The van der Waals surface area contributed by atoms with Gasteiger partial charge in [-0.15, -0.1) is 0 Å². The molecule has 1 aliphatic rings. The standard InChI is InChI=1S/C22H23F3N4O2/c1-28(12-15-4-3-7-31-15)22(30)21-16-10-14(5-6-19(16)29(2)27-21)26-11-13-8-17(23)20(25)18(24)9-13/h3-4,7-9,14,26H,5-6,10-12H2,1-2H3. The molecule has 6 nitrogen and oxygen atoms in total. The molecule has 1 amide bonds. The van der Waals surface area contributed by atoms with E-state index in [0.717, 1.165) is 36.2 Å². The van der Waals surface area contributed by atoms with Gasteiger partial charge in [0.1, 0.15) is 5.76 Å². The third-order valence-corrected chi connectivity index (χ3v) is 5.62.